The van der Waals surface area contributed by atoms with Crippen molar-refractivity contribution in [3.05, 3.63) is 45.7 Å². The Morgan fingerprint density at radius 1 is 1.19 bits per heavy atom. The number of benzene rings is 2. The molecule has 2 aromatic carbocycles. The second kappa shape index (κ2) is 8.17. The van der Waals surface area contributed by atoms with Gasteiger partial charge in [-0.3, -0.25) is 9.78 Å². The monoisotopic (exact) mass is 423 g/mol. The summed E-state index contributed by atoms with van der Waals surface area (Å²) in [4.78, 5) is 27.1. The van der Waals surface area contributed by atoms with Crippen molar-refractivity contribution in [1.29, 1.82) is 0 Å². The first-order chi connectivity index (χ1) is 15.0. The first-order valence-electron chi connectivity index (χ1n) is 9.86. The van der Waals surface area contributed by atoms with Crippen LogP contribution in [0.2, 0.25) is 0 Å². The Labute approximate surface area is 179 Å². The van der Waals surface area contributed by atoms with Gasteiger partial charge in [0.05, 0.1) is 38.4 Å². The van der Waals surface area contributed by atoms with E-state index in [-0.39, 0.29) is 5.56 Å². The summed E-state index contributed by atoms with van der Waals surface area (Å²) in [6.07, 6.45) is 0.763. The summed E-state index contributed by atoms with van der Waals surface area (Å²) in [6.45, 7) is 3.05. The highest BCUT2D eigenvalue weighted by atomic mass is 16.5. The topological polar surface area (TPSA) is 115 Å². The maximum atomic E-state index is 13.0. The van der Waals surface area contributed by atoms with Gasteiger partial charge in [-0.25, -0.2) is 9.98 Å². The summed E-state index contributed by atoms with van der Waals surface area (Å²) in [5.74, 6) is 2.10. The number of aliphatic imine (C=N–C) groups is 1. The number of anilines is 1. The maximum Gasteiger partial charge on any atom is 0.264 e. The second-order valence-electron chi connectivity index (χ2n) is 7.27. The molecule has 0 bridgehead atoms. The standard InChI is InChI=1S/C22H25N5O4/c1-12(23)24-15-7-5-6-13-11-27(9-8-14(13)15)22-25-16-10-17(29-2)19(30-3)20(31-4)18(16)21(28)26-22/h5-7,10H,8-9,11H2,1-4H3,(H2,23,24)(H,25,26,28). The third-order valence-electron chi connectivity index (χ3n) is 5.33. The van der Waals surface area contributed by atoms with Crippen molar-refractivity contribution in [3.8, 4) is 17.2 Å². The van der Waals surface area contributed by atoms with E-state index in [4.69, 9.17) is 24.9 Å². The second-order valence-corrected chi connectivity index (χ2v) is 7.27. The predicted molar refractivity (Wildman–Crippen MR) is 120 cm³/mol. The fraction of sp³-hybridized carbons (Fsp3) is 0.318. The molecule has 1 aromatic heterocycles. The third kappa shape index (κ3) is 3.63. The minimum atomic E-state index is -0.305. The molecule has 31 heavy (non-hydrogen) atoms. The number of nitrogens with zero attached hydrogens (tertiary/aromatic N) is 3. The van der Waals surface area contributed by atoms with E-state index in [9.17, 15) is 4.79 Å². The van der Waals surface area contributed by atoms with Crippen molar-refractivity contribution in [2.45, 2.75) is 19.9 Å². The Bertz CT molecular complexity index is 1230. The molecule has 9 nitrogen and oxygen atoms in total. The van der Waals surface area contributed by atoms with Crippen LogP contribution in [0.5, 0.6) is 17.2 Å². The van der Waals surface area contributed by atoms with Crippen LogP contribution >= 0.6 is 0 Å². The van der Waals surface area contributed by atoms with Crippen LogP contribution in [0.1, 0.15) is 18.1 Å². The van der Waals surface area contributed by atoms with Gasteiger partial charge < -0.3 is 24.8 Å². The van der Waals surface area contributed by atoms with Crippen LogP contribution in [-0.4, -0.2) is 43.7 Å². The SMILES string of the molecule is COc1cc2nc(N3CCc4c(cccc4N=C(C)N)C3)[nH]c(=O)c2c(OC)c1OC. The molecule has 0 fully saturated rings. The molecular formula is C22H25N5O4. The molecule has 1 aliphatic rings. The molecule has 2 heterocycles. The zero-order valence-corrected chi connectivity index (χ0v) is 18.0. The highest BCUT2D eigenvalue weighted by molar-refractivity contribution is 5.90. The molecule has 0 saturated heterocycles. The average Bonchev–Trinajstić information content (AvgIpc) is 2.76. The van der Waals surface area contributed by atoms with Gasteiger partial charge in [0, 0.05) is 19.2 Å². The Balaban J connectivity index is 1.78. The molecule has 0 atom stereocenters. The van der Waals surface area contributed by atoms with E-state index < -0.39 is 0 Å². The largest absolute Gasteiger partial charge is 0.493 e. The number of aromatic amines is 1. The number of hydrogen-bond donors (Lipinski definition) is 2. The number of rotatable bonds is 5. The van der Waals surface area contributed by atoms with Crippen LogP contribution in [0.3, 0.4) is 0 Å². The molecule has 1 aliphatic heterocycles. The molecule has 9 heteroatoms. The third-order valence-corrected chi connectivity index (χ3v) is 5.33. The van der Waals surface area contributed by atoms with Gasteiger partial charge in [0.1, 0.15) is 5.39 Å². The predicted octanol–water partition coefficient (Wildman–Crippen LogP) is 2.52. The number of amidine groups is 1. The summed E-state index contributed by atoms with van der Waals surface area (Å²) in [5, 5.41) is 0.316. The van der Waals surface area contributed by atoms with Crippen LogP contribution in [-0.2, 0) is 13.0 Å². The molecule has 0 spiro atoms. The first-order valence-corrected chi connectivity index (χ1v) is 9.86. The van der Waals surface area contributed by atoms with Crippen molar-refractivity contribution in [3.63, 3.8) is 0 Å². The quantitative estimate of drug-likeness (QED) is 0.479. The Hall–Kier alpha value is -3.75. The number of methoxy groups -OCH3 is 3. The summed E-state index contributed by atoms with van der Waals surface area (Å²) in [7, 11) is 4.51. The van der Waals surface area contributed by atoms with E-state index in [1.165, 1.54) is 26.9 Å². The van der Waals surface area contributed by atoms with Crippen molar-refractivity contribution in [2.75, 3.05) is 32.8 Å². The lowest BCUT2D eigenvalue weighted by atomic mass is 9.98. The van der Waals surface area contributed by atoms with Gasteiger partial charge >= 0.3 is 0 Å². The number of nitrogens with one attached hydrogen (secondary N) is 1. The Morgan fingerprint density at radius 3 is 2.65 bits per heavy atom. The van der Waals surface area contributed by atoms with E-state index in [0.29, 0.717) is 53.0 Å². The van der Waals surface area contributed by atoms with Gasteiger partial charge in [-0.1, -0.05) is 12.1 Å². The molecule has 0 unspecified atom stereocenters. The minimum Gasteiger partial charge on any atom is -0.493 e. The summed E-state index contributed by atoms with van der Waals surface area (Å²) >= 11 is 0. The lowest BCUT2D eigenvalue weighted by molar-refractivity contribution is 0.327. The van der Waals surface area contributed by atoms with Gasteiger partial charge in [-0.05, 0) is 30.5 Å². The molecule has 4 rings (SSSR count). The van der Waals surface area contributed by atoms with E-state index in [1.807, 2.05) is 17.0 Å². The zero-order valence-electron chi connectivity index (χ0n) is 18.0. The summed E-state index contributed by atoms with van der Waals surface area (Å²) < 4.78 is 16.2. The van der Waals surface area contributed by atoms with Gasteiger partial charge in [-0.2, -0.15) is 0 Å². The number of H-pyrrole nitrogens is 1. The van der Waals surface area contributed by atoms with Crippen molar-refractivity contribution in [1.82, 2.24) is 9.97 Å². The molecule has 0 saturated carbocycles. The molecule has 162 valence electrons. The fourth-order valence-corrected chi connectivity index (χ4v) is 3.97. The number of nitrogens with two attached hydrogens (primary N) is 1. The number of hydrogen-bond acceptors (Lipinski definition) is 7. The lowest BCUT2D eigenvalue weighted by Crippen LogP contribution is -2.33. The van der Waals surface area contributed by atoms with Gasteiger partial charge in [-0.15, -0.1) is 0 Å². The summed E-state index contributed by atoms with van der Waals surface area (Å²) in [5.41, 5.74) is 9.12. The van der Waals surface area contributed by atoms with Crippen LogP contribution in [0.4, 0.5) is 11.6 Å². The van der Waals surface area contributed by atoms with Crippen LogP contribution < -0.4 is 30.4 Å². The van der Waals surface area contributed by atoms with Crippen molar-refractivity contribution in [2.24, 2.45) is 10.7 Å². The molecule has 3 N–H and O–H groups in total. The number of ether oxygens (including phenoxy) is 3. The van der Waals surface area contributed by atoms with E-state index >= 15 is 0 Å². The first kappa shape index (κ1) is 20.5. The zero-order chi connectivity index (χ0) is 22.1. The van der Waals surface area contributed by atoms with Crippen molar-refractivity contribution >= 4 is 28.4 Å². The van der Waals surface area contributed by atoms with Gasteiger partial charge in [0.25, 0.3) is 5.56 Å². The molecule has 3 aromatic rings. The van der Waals surface area contributed by atoms with E-state index in [0.717, 1.165) is 17.7 Å². The number of fused-ring (bicyclic) bond motifs is 2. The smallest absolute Gasteiger partial charge is 0.264 e. The Kier molecular flexibility index (Phi) is 5.41. The highest BCUT2D eigenvalue weighted by Gasteiger charge is 2.24. The van der Waals surface area contributed by atoms with E-state index in [2.05, 4.69) is 16.0 Å². The lowest BCUT2D eigenvalue weighted by Gasteiger charge is -2.30. The van der Waals surface area contributed by atoms with Crippen LogP contribution in [0.15, 0.2) is 34.1 Å². The normalized spacial score (nSPS) is 13.8. The maximum absolute atomic E-state index is 13.0. The van der Waals surface area contributed by atoms with Crippen LogP contribution in [0.25, 0.3) is 10.9 Å². The molecule has 0 radical (unpaired) electrons. The van der Waals surface area contributed by atoms with E-state index in [1.54, 1.807) is 13.0 Å². The van der Waals surface area contributed by atoms with Gasteiger partial charge in [0.15, 0.2) is 11.5 Å². The average molecular weight is 423 g/mol. The summed E-state index contributed by atoms with van der Waals surface area (Å²) in [6, 6.07) is 7.67. The molecule has 0 amide bonds. The fourth-order valence-electron chi connectivity index (χ4n) is 3.97. The van der Waals surface area contributed by atoms with Crippen LogP contribution in [0, 0.1) is 0 Å². The molecule has 0 aliphatic carbocycles. The Morgan fingerprint density at radius 2 is 1.97 bits per heavy atom. The highest BCUT2D eigenvalue weighted by Crippen LogP contribution is 2.41. The van der Waals surface area contributed by atoms with Crippen molar-refractivity contribution < 1.29 is 14.2 Å². The minimum absolute atomic E-state index is 0.292. The number of aromatic nitrogens is 2. The molecular weight excluding hydrogens is 398 g/mol. The van der Waals surface area contributed by atoms with Gasteiger partial charge in [0.2, 0.25) is 11.7 Å².